The van der Waals surface area contributed by atoms with Gasteiger partial charge in [-0.1, -0.05) is 28.1 Å². The zero-order chi connectivity index (χ0) is 13.0. The molecule has 0 aliphatic rings. The van der Waals surface area contributed by atoms with E-state index in [9.17, 15) is 4.79 Å². The van der Waals surface area contributed by atoms with E-state index in [0.29, 0.717) is 12.4 Å². The first-order chi connectivity index (χ1) is 8.66. The van der Waals surface area contributed by atoms with E-state index in [-0.39, 0.29) is 5.56 Å². The summed E-state index contributed by atoms with van der Waals surface area (Å²) in [6.07, 6.45) is 2.78. The van der Waals surface area contributed by atoms with Gasteiger partial charge in [0.2, 0.25) is 0 Å². The first-order valence-electron chi connectivity index (χ1n) is 5.21. The highest BCUT2D eigenvalue weighted by atomic mass is 79.9. The molecule has 0 saturated carbocycles. The van der Waals surface area contributed by atoms with Crippen LogP contribution in [0, 0.1) is 0 Å². The molecule has 0 unspecified atom stereocenters. The number of halogens is 1. The summed E-state index contributed by atoms with van der Waals surface area (Å²) in [4.78, 5) is 14.7. The molecule has 0 bridgehead atoms. The third kappa shape index (κ3) is 3.07. The molecule has 0 spiro atoms. The molecule has 1 aromatic carbocycles. The Morgan fingerprint density at radius 3 is 2.94 bits per heavy atom. The van der Waals surface area contributed by atoms with Crippen molar-refractivity contribution in [2.24, 2.45) is 0 Å². The van der Waals surface area contributed by atoms with E-state index in [1.165, 1.54) is 12.4 Å². The van der Waals surface area contributed by atoms with E-state index in [4.69, 9.17) is 9.84 Å². The minimum atomic E-state index is -1.05. The zero-order valence-electron chi connectivity index (χ0n) is 9.34. The van der Waals surface area contributed by atoms with Gasteiger partial charge in [0.05, 0.1) is 0 Å². The first-order valence-corrected chi connectivity index (χ1v) is 6.00. The first kappa shape index (κ1) is 12.6. The number of ether oxygens (including phenoxy) is 1. The number of rotatable bonds is 4. The molecule has 18 heavy (non-hydrogen) atoms. The van der Waals surface area contributed by atoms with Gasteiger partial charge < -0.3 is 9.84 Å². The van der Waals surface area contributed by atoms with E-state index in [0.717, 1.165) is 10.0 Å². The van der Waals surface area contributed by atoms with Crippen molar-refractivity contribution in [3.05, 3.63) is 58.3 Å². The van der Waals surface area contributed by atoms with Crippen LogP contribution >= 0.6 is 15.9 Å². The lowest BCUT2D eigenvalue weighted by atomic mass is 10.2. The van der Waals surface area contributed by atoms with Crippen molar-refractivity contribution in [1.82, 2.24) is 4.98 Å². The van der Waals surface area contributed by atoms with Crippen LogP contribution in [0.15, 0.2) is 47.2 Å². The third-order valence-corrected chi connectivity index (χ3v) is 2.79. The largest absolute Gasteiger partial charge is 0.488 e. The summed E-state index contributed by atoms with van der Waals surface area (Å²) >= 11 is 3.37. The molecule has 4 nitrogen and oxygen atoms in total. The molecule has 5 heteroatoms. The molecule has 0 amide bonds. The Hall–Kier alpha value is -1.88. The second kappa shape index (κ2) is 5.64. The van der Waals surface area contributed by atoms with E-state index in [2.05, 4.69) is 20.9 Å². The number of hydrogen-bond acceptors (Lipinski definition) is 3. The number of carboxylic acid groups (broad SMARTS) is 1. The third-order valence-electron chi connectivity index (χ3n) is 2.29. The molecule has 0 radical (unpaired) electrons. The summed E-state index contributed by atoms with van der Waals surface area (Å²) in [5.41, 5.74) is 1.02. The van der Waals surface area contributed by atoms with Gasteiger partial charge in [-0.15, -0.1) is 0 Å². The van der Waals surface area contributed by atoms with E-state index >= 15 is 0 Å². The topological polar surface area (TPSA) is 59.4 Å². The Morgan fingerprint density at radius 1 is 1.39 bits per heavy atom. The highest BCUT2D eigenvalue weighted by molar-refractivity contribution is 9.10. The van der Waals surface area contributed by atoms with Crippen molar-refractivity contribution in [2.75, 3.05) is 0 Å². The van der Waals surface area contributed by atoms with Crippen LogP contribution in [-0.2, 0) is 6.61 Å². The Kier molecular flexibility index (Phi) is 3.94. The van der Waals surface area contributed by atoms with Crippen LogP contribution in [0.1, 0.15) is 15.9 Å². The summed E-state index contributed by atoms with van der Waals surface area (Å²) < 4.78 is 6.45. The predicted octanol–water partition coefficient (Wildman–Crippen LogP) is 3.12. The molecule has 0 fully saturated rings. The number of hydrogen-bond donors (Lipinski definition) is 1. The second-order valence-corrected chi connectivity index (χ2v) is 4.51. The van der Waals surface area contributed by atoms with Gasteiger partial charge in [-0.2, -0.15) is 0 Å². The summed E-state index contributed by atoms with van der Waals surface area (Å²) in [5, 5.41) is 8.98. The molecule has 1 heterocycles. The fraction of sp³-hybridized carbons (Fsp3) is 0.0769. The minimum absolute atomic E-state index is 0.0625. The van der Waals surface area contributed by atoms with Crippen molar-refractivity contribution in [2.45, 2.75) is 6.61 Å². The average molecular weight is 308 g/mol. The maximum atomic E-state index is 11.0. The van der Waals surface area contributed by atoms with Crippen molar-refractivity contribution in [1.29, 1.82) is 0 Å². The summed E-state index contributed by atoms with van der Waals surface area (Å²) in [6, 6.07) is 9.18. The van der Waals surface area contributed by atoms with E-state index in [1.54, 1.807) is 6.07 Å². The quantitative estimate of drug-likeness (QED) is 0.943. The lowest BCUT2D eigenvalue weighted by Crippen LogP contribution is -2.03. The van der Waals surface area contributed by atoms with Gasteiger partial charge >= 0.3 is 5.97 Å². The van der Waals surface area contributed by atoms with Gasteiger partial charge in [0.25, 0.3) is 0 Å². The molecule has 1 N–H and O–H groups in total. The van der Waals surface area contributed by atoms with Crippen LogP contribution in [0.5, 0.6) is 5.75 Å². The molecular formula is C13H10BrNO3. The SMILES string of the molecule is O=C(O)c1cnccc1OCc1cccc(Br)c1. The van der Waals surface area contributed by atoms with Gasteiger partial charge in [-0.25, -0.2) is 4.79 Å². The Labute approximate surface area is 112 Å². The number of carbonyl (C=O) groups is 1. The number of aromatic carboxylic acids is 1. The van der Waals surface area contributed by atoms with Crippen molar-refractivity contribution < 1.29 is 14.6 Å². The Bertz CT molecular complexity index is 572. The Balaban J connectivity index is 2.13. The minimum Gasteiger partial charge on any atom is -0.488 e. The summed E-state index contributed by atoms with van der Waals surface area (Å²) in [5.74, 6) is -0.732. The van der Waals surface area contributed by atoms with Crippen LogP contribution in [0.25, 0.3) is 0 Å². The fourth-order valence-corrected chi connectivity index (χ4v) is 1.90. The molecule has 0 saturated heterocycles. The van der Waals surface area contributed by atoms with Crippen molar-refractivity contribution in [3.63, 3.8) is 0 Å². The van der Waals surface area contributed by atoms with Crippen LogP contribution in [-0.4, -0.2) is 16.1 Å². The van der Waals surface area contributed by atoms with Gasteiger partial charge in [0, 0.05) is 16.9 Å². The molecule has 2 rings (SSSR count). The van der Waals surface area contributed by atoms with Crippen molar-refractivity contribution in [3.8, 4) is 5.75 Å². The molecule has 0 atom stereocenters. The van der Waals surface area contributed by atoms with Gasteiger partial charge in [0.15, 0.2) is 0 Å². The maximum Gasteiger partial charge on any atom is 0.341 e. The molecular weight excluding hydrogens is 298 g/mol. The fourth-order valence-electron chi connectivity index (χ4n) is 1.46. The molecule has 1 aromatic heterocycles. The summed E-state index contributed by atoms with van der Waals surface area (Å²) in [6.45, 7) is 0.309. The standard InChI is InChI=1S/C13H10BrNO3/c14-10-3-1-2-9(6-10)8-18-12-4-5-15-7-11(12)13(16)17/h1-7H,8H2,(H,16,17). The number of pyridine rings is 1. The normalized spacial score (nSPS) is 10.1. The lowest BCUT2D eigenvalue weighted by molar-refractivity contribution is 0.0691. The predicted molar refractivity (Wildman–Crippen MR) is 69.7 cm³/mol. The monoisotopic (exact) mass is 307 g/mol. The van der Waals surface area contributed by atoms with E-state index < -0.39 is 5.97 Å². The lowest BCUT2D eigenvalue weighted by Gasteiger charge is -2.08. The molecule has 92 valence electrons. The number of aromatic nitrogens is 1. The van der Waals surface area contributed by atoms with Gasteiger partial charge in [-0.3, -0.25) is 4.98 Å². The van der Waals surface area contributed by atoms with Crippen LogP contribution in [0.2, 0.25) is 0 Å². The smallest absolute Gasteiger partial charge is 0.341 e. The van der Waals surface area contributed by atoms with Gasteiger partial charge in [0.1, 0.15) is 17.9 Å². The molecule has 0 aliphatic carbocycles. The summed E-state index contributed by atoms with van der Waals surface area (Å²) in [7, 11) is 0. The number of carboxylic acids is 1. The molecule has 2 aromatic rings. The maximum absolute atomic E-state index is 11.0. The number of nitrogens with zero attached hydrogens (tertiary/aromatic N) is 1. The highest BCUT2D eigenvalue weighted by Gasteiger charge is 2.10. The second-order valence-electron chi connectivity index (χ2n) is 3.60. The van der Waals surface area contributed by atoms with Crippen molar-refractivity contribution >= 4 is 21.9 Å². The van der Waals surface area contributed by atoms with Crippen LogP contribution in [0.3, 0.4) is 0 Å². The Morgan fingerprint density at radius 2 is 2.22 bits per heavy atom. The molecule has 0 aliphatic heterocycles. The van der Waals surface area contributed by atoms with Crippen LogP contribution < -0.4 is 4.74 Å². The van der Waals surface area contributed by atoms with Gasteiger partial charge in [-0.05, 0) is 23.8 Å². The average Bonchev–Trinajstić information content (AvgIpc) is 2.37. The van der Waals surface area contributed by atoms with E-state index in [1.807, 2.05) is 24.3 Å². The number of benzene rings is 1. The highest BCUT2D eigenvalue weighted by Crippen LogP contribution is 2.19. The zero-order valence-corrected chi connectivity index (χ0v) is 10.9. The van der Waals surface area contributed by atoms with Crippen LogP contribution in [0.4, 0.5) is 0 Å².